The molecule has 20 heavy (non-hydrogen) atoms. The average molecular weight is 297 g/mol. The molecule has 108 valence electrons. The van der Waals surface area contributed by atoms with E-state index in [1.807, 2.05) is 0 Å². The summed E-state index contributed by atoms with van der Waals surface area (Å²) in [5.74, 6) is 0.309. The predicted octanol–water partition coefficient (Wildman–Crippen LogP) is 4.43. The Hall–Kier alpha value is -0.575. The monoisotopic (exact) mass is 296 g/mol. The van der Waals surface area contributed by atoms with Gasteiger partial charge in [0.2, 0.25) is 0 Å². The van der Waals surface area contributed by atoms with Crippen molar-refractivity contribution in [3.8, 4) is 0 Å². The van der Waals surface area contributed by atoms with Gasteiger partial charge in [-0.1, -0.05) is 17.7 Å². The van der Waals surface area contributed by atoms with E-state index in [0.717, 1.165) is 12.0 Å². The molecule has 3 rings (SSSR count). The Kier molecular flexibility index (Phi) is 3.20. The summed E-state index contributed by atoms with van der Waals surface area (Å²) < 4.78 is 25.3. The molecular weight excluding hydrogens is 277 g/mol. The van der Waals surface area contributed by atoms with Crippen molar-refractivity contribution in [3.63, 3.8) is 0 Å². The summed E-state index contributed by atoms with van der Waals surface area (Å²) in [6.45, 7) is 8.22. The van der Waals surface area contributed by atoms with Gasteiger partial charge < -0.3 is 9.31 Å². The first kappa shape index (κ1) is 14.4. The van der Waals surface area contributed by atoms with Gasteiger partial charge >= 0.3 is 7.12 Å². The van der Waals surface area contributed by atoms with Gasteiger partial charge in [-0.15, -0.1) is 0 Å². The summed E-state index contributed by atoms with van der Waals surface area (Å²) in [7, 11) is -0.186. The third-order valence-corrected chi connectivity index (χ3v) is 5.12. The molecule has 0 amide bonds. The molecule has 1 aromatic carbocycles. The maximum absolute atomic E-state index is 13.2. The highest BCUT2D eigenvalue weighted by molar-refractivity contribution is 6.49. The van der Waals surface area contributed by atoms with Crippen molar-refractivity contribution in [2.24, 2.45) is 0 Å². The standard InChI is InChI=1S/C15H19BClFO2/c1-14(2)15(3,4)20-16(19-14)11-8-10(11)9-5-6-13(18)12(17)7-9/h5-7,10-11H,8H2,1-4H3. The van der Waals surface area contributed by atoms with Crippen LogP contribution in [0.15, 0.2) is 18.2 Å². The summed E-state index contributed by atoms with van der Waals surface area (Å²) in [4.78, 5) is 0. The molecule has 2 atom stereocenters. The summed E-state index contributed by atoms with van der Waals surface area (Å²) >= 11 is 5.85. The Balaban J connectivity index is 1.72. The normalized spacial score (nSPS) is 30.6. The Morgan fingerprint density at radius 3 is 2.35 bits per heavy atom. The summed E-state index contributed by atoms with van der Waals surface area (Å²) in [5.41, 5.74) is 0.465. The van der Waals surface area contributed by atoms with E-state index in [9.17, 15) is 4.39 Å². The average Bonchev–Trinajstić information content (AvgIpc) is 3.07. The molecule has 1 saturated carbocycles. The maximum Gasteiger partial charge on any atom is 0.461 e. The highest BCUT2D eigenvalue weighted by Crippen LogP contribution is 2.58. The molecule has 0 radical (unpaired) electrons. The zero-order chi connectivity index (χ0) is 14.7. The first-order valence-electron chi connectivity index (χ1n) is 7.02. The molecule has 2 unspecified atom stereocenters. The minimum absolute atomic E-state index is 0.182. The third kappa shape index (κ3) is 2.28. The summed E-state index contributed by atoms with van der Waals surface area (Å²) in [5, 5.41) is 0.182. The minimum atomic E-state index is -0.372. The van der Waals surface area contributed by atoms with Crippen molar-refractivity contribution in [1.82, 2.24) is 0 Å². The zero-order valence-electron chi connectivity index (χ0n) is 12.2. The Labute approximate surface area is 124 Å². The van der Waals surface area contributed by atoms with Gasteiger partial charge in [0.1, 0.15) is 5.82 Å². The highest BCUT2D eigenvalue weighted by Gasteiger charge is 2.59. The second kappa shape index (κ2) is 4.46. The number of benzene rings is 1. The van der Waals surface area contributed by atoms with Gasteiger partial charge in [0.25, 0.3) is 0 Å². The molecule has 2 nitrogen and oxygen atoms in total. The quantitative estimate of drug-likeness (QED) is 0.752. The van der Waals surface area contributed by atoms with Crippen LogP contribution in [-0.2, 0) is 9.31 Å². The van der Waals surface area contributed by atoms with E-state index in [-0.39, 0.29) is 29.2 Å². The molecule has 1 aromatic rings. The van der Waals surface area contributed by atoms with Crippen LogP contribution in [0.2, 0.25) is 10.8 Å². The second-order valence-electron chi connectivity index (χ2n) is 6.80. The van der Waals surface area contributed by atoms with Gasteiger partial charge in [-0.3, -0.25) is 0 Å². The smallest absolute Gasteiger partial charge is 0.403 e. The van der Waals surface area contributed by atoms with E-state index < -0.39 is 0 Å². The second-order valence-corrected chi connectivity index (χ2v) is 7.21. The van der Waals surface area contributed by atoms with Crippen LogP contribution in [0.4, 0.5) is 4.39 Å². The summed E-state index contributed by atoms with van der Waals surface area (Å²) in [6, 6.07) is 4.95. The highest BCUT2D eigenvalue weighted by atomic mass is 35.5. The van der Waals surface area contributed by atoms with E-state index in [1.165, 1.54) is 6.07 Å². The first-order valence-corrected chi connectivity index (χ1v) is 7.40. The Bertz CT molecular complexity index is 531. The fraction of sp³-hybridized carbons (Fsp3) is 0.600. The minimum Gasteiger partial charge on any atom is -0.403 e. The number of halogens is 2. The van der Waals surface area contributed by atoms with E-state index in [1.54, 1.807) is 12.1 Å². The van der Waals surface area contributed by atoms with Crippen molar-refractivity contribution in [2.45, 2.75) is 57.1 Å². The molecule has 2 aliphatic rings. The Morgan fingerprint density at radius 2 is 1.80 bits per heavy atom. The van der Waals surface area contributed by atoms with Crippen LogP contribution in [-0.4, -0.2) is 18.3 Å². The zero-order valence-corrected chi connectivity index (χ0v) is 13.0. The van der Waals surface area contributed by atoms with Crippen LogP contribution in [0, 0.1) is 5.82 Å². The van der Waals surface area contributed by atoms with Crippen LogP contribution < -0.4 is 0 Å². The van der Waals surface area contributed by atoms with Gasteiger partial charge in [0.15, 0.2) is 0 Å². The molecular formula is C15H19BClFO2. The lowest BCUT2D eigenvalue weighted by molar-refractivity contribution is 0.00578. The van der Waals surface area contributed by atoms with Gasteiger partial charge in [-0.25, -0.2) is 4.39 Å². The molecule has 5 heteroatoms. The van der Waals surface area contributed by atoms with Crippen molar-refractivity contribution in [3.05, 3.63) is 34.6 Å². The molecule has 1 aliphatic heterocycles. The lowest BCUT2D eigenvalue weighted by Gasteiger charge is -2.32. The van der Waals surface area contributed by atoms with Crippen molar-refractivity contribution < 1.29 is 13.7 Å². The number of hydrogen-bond donors (Lipinski definition) is 0. The molecule has 1 heterocycles. The Morgan fingerprint density at radius 1 is 1.20 bits per heavy atom. The van der Waals surface area contributed by atoms with Crippen molar-refractivity contribution >= 4 is 18.7 Å². The molecule has 2 fully saturated rings. The van der Waals surface area contributed by atoms with Crippen LogP contribution >= 0.6 is 11.6 Å². The lowest BCUT2D eigenvalue weighted by Crippen LogP contribution is -2.41. The van der Waals surface area contributed by atoms with Crippen LogP contribution in [0.1, 0.15) is 45.6 Å². The number of hydrogen-bond acceptors (Lipinski definition) is 2. The largest absolute Gasteiger partial charge is 0.461 e. The van der Waals surface area contributed by atoms with E-state index >= 15 is 0 Å². The fourth-order valence-corrected chi connectivity index (χ4v) is 2.89. The third-order valence-electron chi connectivity index (χ3n) is 4.83. The van der Waals surface area contributed by atoms with Gasteiger partial charge in [-0.2, -0.15) is 0 Å². The molecule has 0 bridgehead atoms. The van der Waals surface area contributed by atoms with Gasteiger partial charge in [-0.05, 0) is 57.7 Å². The van der Waals surface area contributed by atoms with Gasteiger partial charge in [0, 0.05) is 5.82 Å². The molecule has 1 saturated heterocycles. The fourth-order valence-electron chi connectivity index (χ4n) is 2.71. The molecule has 0 spiro atoms. The van der Waals surface area contributed by atoms with Crippen molar-refractivity contribution in [2.75, 3.05) is 0 Å². The molecule has 1 aliphatic carbocycles. The van der Waals surface area contributed by atoms with E-state index in [0.29, 0.717) is 11.7 Å². The molecule has 0 aromatic heterocycles. The SMILES string of the molecule is CC1(C)OB(C2CC2c2ccc(F)c(Cl)c2)OC1(C)C. The van der Waals surface area contributed by atoms with E-state index in [4.69, 9.17) is 20.9 Å². The van der Waals surface area contributed by atoms with E-state index in [2.05, 4.69) is 27.7 Å². The first-order chi connectivity index (χ1) is 9.21. The predicted molar refractivity (Wildman–Crippen MR) is 78.6 cm³/mol. The lowest BCUT2D eigenvalue weighted by atomic mass is 9.79. The van der Waals surface area contributed by atoms with Crippen LogP contribution in [0.3, 0.4) is 0 Å². The van der Waals surface area contributed by atoms with Crippen LogP contribution in [0.25, 0.3) is 0 Å². The molecule has 0 N–H and O–H groups in total. The van der Waals surface area contributed by atoms with Gasteiger partial charge in [0.05, 0.1) is 16.2 Å². The van der Waals surface area contributed by atoms with Crippen LogP contribution in [0.5, 0.6) is 0 Å². The topological polar surface area (TPSA) is 18.5 Å². The number of rotatable bonds is 2. The maximum atomic E-state index is 13.2. The van der Waals surface area contributed by atoms with Crippen molar-refractivity contribution in [1.29, 1.82) is 0 Å². The summed E-state index contributed by atoms with van der Waals surface area (Å²) in [6.07, 6.45) is 0.999.